The number of hydrogen-bond acceptors (Lipinski definition) is 6. The maximum atomic E-state index is 10.6. The van der Waals surface area contributed by atoms with E-state index in [-0.39, 0.29) is 0 Å². The zero-order chi connectivity index (χ0) is 28.7. The van der Waals surface area contributed by atoms with E-state index in [0.717, 1.165) is 44.2 Å². The summed E-state index contributed by atoms with van der Waals surface area (Å²) < 4.78 is 65.5. The van der Waals surface area contributed by atoms with Crippen LogP contribution in [0.15, 0.2) is 43.0 Å². The second kappa shape index (κ2) is 12.6. The number of benzene rings is 1. The summed E-state index contributed by atoms with van der Waals surface area (Å²) in [6, 6.07) is 6.83. The van der Waals surface area contributed by atoms with Crippen molar-refractivity contribution >= 4 is 23.4 Å². The number of imidazole rings is 1. The van der Waals surface area contributed by atoms with E-state index >= 15 is 0 Å². The van der Waals surface area contributed by atoms with Crippen molar-refractivity contribution in [1.29, 1.82) is 0 Å². The van der Waals surface area contributed by atoms with Crippen molar-refractivity contribution in [3.8, 4) is 0 Å². The van der Waals surface area contributed by atoms with E-state index < -0.39 is 24.3 Å². The van der Waals surface area contributed by atoms with Gasteiger partial charge in [-0.3, -0.25) is 4.90 Å². The molecule has 2 N–H and O–H groups in total. The Labute approximate surface area is 212 Å². The van der Waals surface area contributed by atoms with Crippen LogP contribution in [0.25, 0.3) is 5.65 Å². The van der Waals surface area contributed by atoms with E-state index in [2.05, 4.69) is 51.8 Å². The van der Waals surface area contributed by atoms with Gasteiger partial charge in [0, 0.05) is 57.5 Å². The molecule has 0 saturated carbocycles. The number of hydrogen-bond donors (Lipinski definition) is 2. The van der Waals surface area contributed by atoms with Gasteiger partial charge in [-0.2, -0.15) is 26.3 Å². The molecular weight excluding hydrogens is 524 g/mol. The van der Waals surface area contributed by atoms with Gasteiger partial charge in [-0.25, -0.2) is 19.6 Å². The molecule has 0 spiro atoms. The van der Waals surface area contributed by atoms with Crippen molar-refractivity contribution in [2.45, 2.75) is 32.7 Å². The quantitative estimate of drug-likeness (QED) is 0.473. The van der Waals surface area contributed by atoms with Crippen molar-refractivity contribution in [1.82, 2.24) is 19.3 Å². The van der Waals surface area contributed by atoms with E-state index in [0.29, 0.717) is 0 Å². The Kier molecular flexibility index (Phi) is 10.0. The van der Waals surface area contributed by atoms with E-state index in [9.17, 15) is 26.3 Å². The van der Waals surface area contributed by atoms with Crippen molar-refractivity contribution < 1.29 is 46.1 Å². The Hall–Kier alpha value is -3.88. The van der Waals surface area contributed by atoms with Crippen LogP contribution in [-0.4, -0.2) is 80.0 Å². The molecule has 4 rings (SSSR count). The minimum absolute atomic E-state index is 0.945. The fourth-order valence-electron chi connectivity index (χ4n) is 3.60. The molecule has 1 aliphatic rings. The highest BCUT2D eigenvalue weighted by atomic mass is 19.4. The molecule has 0 aliphatic carbocycles. The van der Waals surface area contributed by atoms with Gasteiger partial charge in [-0.1, -0.05) is 29.3 Å². The summed E-state index contributed by atoms with van der Waals surface area (Å²) in [5, 5.41) is 14.2. The molecule has 38 heavy (non-hydrogen) atoms. The number of carboxylic acids is 2. The predicted octanol–water partition coefficient (Wildman–Crippen LogP) is 3.93. The average molecular weight is 549 g/mol. The van der Waals surface area contributed by atoms with Crippen molar-refractivity contribution in [3.05, 3.63) is 59.7 Å². The Bertz CT molecular complexity index is 1190. The van der Waals surface area contributed by atoms with Crippen LogP contribution in [0.2, 0.25) is 0 Å². The van der Waals surface area contributed by atoms with Crippen LogP contribution in [0.4, 0.5) is 32.2 Å². The molecule has 0 atom stereocenters. The van der Waals surface area contributed by atoms with Gasteiger partial charge in [0.25, 0.3) is 0 Å². The highest BCUT2D eigenvalue weighted by Gasteiger charge is 2.38. The average Bonchev–Trinajstić information content (AvgIpc) is 3.28. The van der Waals surface area contributed by atoms with Gasteiger partial charge >= 0.3 is 24.3 Å². The fourth-order valence-corrected chi connectivity index (χ4v) is 3.60. The molecule has 2 aromatic heterocycles. The number of aliphatic carboxylic acids is 2. The predicted molar refractivity (Wildman–Crippen MR) is 124 cm³/mol. The molecule has 1 aromatic carbocycles. The maximum absolute atomic E-state index is 10.6. The number of aryl methyl sites for hydroxylation is 2. The summed E-state index contributed by atoms with van der Waals surface area (Å²) in [5.74, 6) is -4.52. The number of rotatable bonds is 3. The fraction of sp³-hybridized carbons (Fsp3) is 0.391. The lowest BCUT2D eigenvalue weighted by Crippen LogP contribution is -2.46. The summed E-state index contributed by atoms with van der Waals surface area (Å²) in [7, 11) is 0. The number of piperazine rings is 1. The molecular formula is C23H25F6N5O4. The van der Waals surface area contributed by atoms with Crippen LogP contribution in [0.5, 0.6) is 0 Å². The highest BCUT2D eigenvalue weighted by molar-refractivity contribution is 5.73. The van der Waals surface area contributed by atoms with Crippen molar-refractivity contribution in [2.75, 3.05) is 31.1 Å². The van der Waals surface area contributed by atoms with Gasteiger partial charge in [0.15, 0.2) is 11.5 Å². The summed E-state index contributed by atoms with van der Waals surface area (Å²) in [6.07, 6.45) is -2.57. The Balaban J connectivity index is 0.000000301. The van der Waals surface area contributed by atoms with Gasteiger partial charge in [0.1, 0.15) is 0 Å². The SMILES string of the molecule is Cc1cc(C)cc(CN2CCN(c3nccn4ccnc34)CC2)c1.O=C(O)C(F)(F)F.O=C(O)C(F)(F)F. The van der Waals surface area contributed by atoms with Gasteiger partial charge in [0.2, 0.25) is 0 Å². The lowest BCUT2D eigenvalue weighted by molar-refractivity contribution is -0.193. The lowest BCUT2D eigenvalue weighted by Gasteiger charge is -2.35. The van der Waals surface area contributed by atoms with Gasteiger partial charge in [-0.05, 0) is 19.4 Å². The minimum Gasteiger partial charge on any atom is -0.475 e. The summed E-state index contributed by atoms with van der Waals surface area (Å²) >= 11 is 0. The number of aromatic nitrogens is 3. The third-order valence-corrected chi connectivity index (χ3v) is 5.14. The Morgan fingerprint density at radius 1 is 0.816 bits per heavy atom. The number of halogens is 6. The van der Waals surface area contributed by atoms with Gasteiger partial charge in [-0.15, -0.1) is 0 Å². The second-order valence-corrected chi connectivity index (χ2v) is 8.27. The molecule has 208 valence electrons. The first-order valence-corrected chi connectivity index (χ1v) is 11.0. The number of alkyl halides is 6. The molecule has 0 amide bonds. The first-order chi connectivity index (χ1) is 17.6. The third kappa shape index (κ3) is 9.21. The Morgan fingerprint density at radius 3 is 1.71 bits per heavy atom. The summed E-state index contributed by atoms with van der Waals surface area (Å²) in [4.78, 5) is 31.7. The number of anilines is 1. The number of carboxylic acid groups (broad SMARTS) is 2. The minimum atomic E-state index is -5.08. The maximum Gasteiger partial charge on any atom is 0.490 e. The smallest absolute Gasteiger partial charge is 0.475 e. The number of carbonyl (C=O) groups is 2. The first kappa shape index (κ1) is 30.3. The molecule has 0 radical (unpaired) electrons. The molecule has 15 heteroatoms. The van der Waals surface area contributed by atoms with Crippen LogP contribution in [0.3, 0.4) is 0 Å². The van der Waals surface area contributed by atoms with Crippen molar-refractivity contribution in [3.63, 3.8) is 0 Å². The second-order valence-electron chi connectivity index (χ2n) is 8.27. The largest absolute Gasteiger partial charge is 0.490 e. The molecule has 0 bridgehead atoms. The van der Waals surface area contributed by atoms with E-state index in [1.165, 1.54) is 16.7 Å². The third-order valence-electron chi connectivity index (χ3n) is 5.14. The first-order valence-electron chi connectivity index (χ1n) is 11.0. The van der Waals surface area contributed by atoms with Crippen LogP contribution >= 0.6 is 0 Å². The molecule has 3 aromatic rings. The van der Waals surface area contributed by atoms with Gasteiger partial charge < -0.3 is 19.5 Å². The molecule has 0 unspecified atom stereocenters. The van der Waals surface area contributed by atoms with E-state index in [4.69, 9.17) is 19.8 Å². The lowest BCUT2D eigenvalue weighted by atomic mass is 10.1. The van der Waals surface area contributed by atoms with Crippen LogP contribution in [-0.2, 0) is 16.1 Å². The van der Waals surface area contributed by atoms with Crippen LogP contribution in [0.1, 0.15) is 16.7 Å². The monoisotopic (exact) mass is 549 g/mol. The van der Waals surface area contributed by atoms with E-state index in [1.807, 2.05) is 29.2 Å². The molecule has 1 aliphatic heterocycles. The standard InChI is InChI=1S/C19H23N5.2C2HF3O2/c1-15-11-16(2)13-17(12-15)14-22-7-9-24(10-8-22)19-18-20-3-5-23(18)6-4-21-19;2*3-2(4,5)1(6)7/h3-6,11-13H,7-10,14H2,1-2H3;2*(H,6,7). The highest BCUT2D eigenvalue weighted by Crippen LogP contribution is 2.20. The zero-order valence-electron chi connectivity index (χ0n) is 20.3. The molecule has 9 nitrogen and oxygen atoms in total. The normalized spacial score (nSPS) is 14.3. The summed E-state index contributed by atoms with van der Waals surface area (Å²) in [5.41, 5.74) is 5.05. The summed E-state index contributed by atoms with van der Waals surface area (Å²) in [6.45, 7) is 9.45. The molecule has 1 fully saturated rings. The van der Waals surface area contributed by atoms with Crippen LogP contribution in [0, 0.1) is 13.8 Å². The van der Waals surface area contributed by atoms with Crippen LogP contribution < -0.4 is 4.90 Å². The van der Waals surface area contributed by atoms with E-state index in [1.54, 1.807) is 0 Å². The zero-order valence-corrected chi connectivity index (χ0v) is 20.3. The van der Waals surface area contributed by atoms with Crippen molar-refractivity contribution in [2.24, 2.45) is 0 Å². The topological polar surface area (TPSA) is 111 Å². The Morgan fingerprint density at radius 2 is 1.26 bits per heavy atom. The number of fused-ring (bicyclic) bond motifs is 1. The number of nitrogens with zero attached hydrogens (tertiary/aromatic N) is 5. The molecule has 1 saturated heterocycles. The molecule has 3 heterocycles. The van der Waals surface area contributed by atoms with Gasteiger partial charge in [0.05, 0.1) is 0 Å².